The van der Waals surface area contributed by atoms with E-state index in [9.17, 15) is 48.3 Å². The predicted molar refractivity (Wildman–Crippen MR) is 144 cm³/mol. The molecule has 0 radical (unpaired) electrons. The molecule has 43 heavy (non-hydrogen) atoms. The van der Waals surface area contributed by atoms with Crippen LogP contribution in [-0.2, 0) is 32.4 Å². The minimum Gasteiger partial charge on any atom is -0.394 e. The Labute approximate surface area is 241 Å². The van der Waals surface area contributed by atoms with Gasteiger partial charge in [0.15, 0.2) is 0 Å². The maximum atomic E-state index is 12.6. The highest BCUT2D eigenvalue weighted by atomic mass is 31.3. The molecule has 0 aliphatic carbocycles. The molecule has 2 fully saturated rings. The number of aliphatic hydroxyl groups is 2. The van der Waals surface area contributed by atoms with E-state index in [2.05, 4.69) is 14.3 Å². The molecular weight excluding hydrogens is 622 g/mol. The van der Waals surface area contributed by atoms with Crippen molar-refractivity contribution in [3.63, 3.8) is 0 Å². The lowest BCUT2D eigenvalue weighted by atomic mass is 10.2. The Kier molecular flexibility index (Phi) is 10.3. The van der Waals surface area contributed by atoms with Gasteiger partial charge in [-0.2, -0.15) is 0 Å². The molecule has 21 heteroatoms. The molecule has 240 valence electrons. The first-order valence-corrected chi connectivity index (χ1v) is 16.4. The summed E-state index contributed by atoms with van der Waals surface area (Å²) in [5.41, 5.74) is -2.31. The highest BCUT2D eigenvalue weighted by molar-refractivity contribution is 7.66. The summed E-state index contributed by atoms with van der Waals surface area (Å²) in [6.07, 6.45) is -5.98. The van der Waals surface area contributed by atoms with Crippen LogP contribution in [0, 0.1) is 13.8 Å². The number of aromatic amines is 2. The molecule has 0 aromatic carbocycles. The SMILES string of the molecule is Cc1cn([C@H]2C[C@H](OCP(=O)(O)OP(=O)(O)CO[C@H]3C[C@H](n4cc(C)c(=O)[nH]c4=O)O[C@@H]3CO)[C@@H](CO)O2)c(=O)[nH]c1=O. The number of aliphatic hydroxyl groups excluding tert-OH is 2. The molecule has 0 saturated carbocycles. The molecule has 2 aliphatic rings. The number of H-pyrrole nitrogens is 2. The van der Waals surface area contributed by atoms with Gasteiger partial charge in [-0.3, -0.25) is 37.8 Å². The van der Waals surface area contributed by atoms with Crippen molar-refractivity contribution in [3.8, 4) is 0 Å². The quantitative estimate of drug-likeness (QED) is 0.140. The van der Waals surface area contributed by atoms with Gasteiger partial charge in [-0.15, -0.1) is 0 Å². The number of aryl methyl sites for hydroxylation is 2. The van der Waals surface area contributed by atoms with Crippen molar-refractivity contribution in [1.29, 1.82) is 0 Å². The fraction of sp³-hybridized carbons (Fsp3) is 0.636. The van der Waals surface area contributed by atoms with Gasteiger partial charge in [0.2, 0.25) is 0 Å². The van der Waals surface area contributed by atoms with E-state index in [1.54, 1.807) is 0 Å². The smallest absolute Gasteiger partial charge is 0.360 e. The Morgan fingerprint density at radius 2 is 1.16 bits per heavy atom. The van der Waals surface area contributed by atoms with E-state index in [1.165, 1.54) is 26.2 Å². The van der Waals surface area contributed by atoms with Gasteiger partial charge >= 0.3 is 26.6 Å². The molecule has 2 saturated heterocycles. The van der Waals surface area contributed by atoms with Crippen LogP contribution in [0.3, 0.4) is 0 Å². The number of nitrogens with zero attached hydrogens (tertiary/aromatic N) is 2. The number of rotatable bonds is 12. The van der Waals surface area contributed by atoms with Crippen LogP contribution in [-0.4, -0.2) is 89.4 Å². The second-order valence-electron chi connectivity index (χ2n) is 10.1. The van der Waals surface area contributed by atoms with Crippen LogP contribution in [0.4, 0.5) is 0 Å². The second kappa shape index (κ2) is 13.2. The van der Waals surface area contributed by atoms with E-state index in [-0.39, 0.29) is 24.0 Å². The fourth-order valence-corrected chi connectivity index (χ4v) is 7.38. The monoisotopic (exact) mass is 654 g/mol. The molecule has 0 bridgehead atoms. The van der Waals surface area contributed by atoms with Crippen LogP contribution < -0.4 is 22.5 Å². The third-order valence-electron chi connectivity index (χ3n) is 6.79. The molecule has 0 spiro atoms. The standard InChI is InChI=1S/C22H32N4O15P2/c1-11-5-25(21(31)23-19(11)29)17-3-13(15(7-27)39-17)37-9-42(33,34)41-43(35,36)10-38-14-4-18(40-16(14)8-28)26-6-12(2)20(30)24-22(26)32/h5-6,13-18,27-28H,3-4,7-10H2,1-2H3,(H,33,34)(H,35,36)(H,23,29,31)(H,24,30,32)/t13-,14-,15+,16+,17+,18+/m0/s1. The van der Waals surface area contributed by atoms with Gasteiger partial charge < -0.3 is 38.9 Å². The van der Waals surface area contributed by atoms with Gasteiger partial charge in [0, 0.05) is 36.4 Å². The molecule has 2 aliphatic heterocycles. The first-order valence-electron chi connectivity index (χ1n) is 12.9. The van der Waals surface area contributed by atoms with Gasteiger partial charge in [-0.1, -0.05) is 0 Å². The third kappa shape index (κ3) is 7.95. The zero-order valence-electron chi connectivity index (χ0n) is 22.9. The molecule has 2 aromatic rings. The molecule has 4 heterocycles. The van der Waals surface area contributed by atoms with Crippen LogP contribution in [0.15, 0.2) is 31.6 Å². The summed E-state index contributed by atoms with van der Waals surface area (Å²) in [6, 6.07) is 0. The van der Waals surface area contributed by atoms with Gasteiger partial charge in [-0.25, -0.2) is 13.9 Å². The number of hydrogen-bond donors (Lipinski definition) is 6. The Morgan fingerprint density at radius 3 is 1.51 bits per heavy atom. The molecule has 0 amide bonds. The summed E-state index contributed by atoms with van der Waals surface area (Å²) in [4.78, 5) is 72.3. The van der Waals surface area contributed by atoms with Crippen LogP contribution in [0.25, 0.3) is 0 Å². The molecule has 4 rings (SSSR count). The molecular formula is C22H32N4O15P2. The van der Waals surface area contributed by atoms with Crippen LogP contribution in [0.1, 0.15) is 36.4 Å². The predicted octanol–water partition coefficient (Wildman–Crippen LogP) is -1.66. The highest BCUT2D eigenvalue weighted by Gasteiger charge is 2.42. The normalized spacial score (nSPS) is 28.5. The van der Waals surface area contributed by atoms with Crippen molar-refractivity contribution in [1.82, 2.24) is 19.1 Å². The van der Waals surface area contributed by atoms with E-state index < -0.39 is 100 Å². The first kappa shape index (κ1) is 33.4. The first-order chi connectivity index (χ1) is 20.1. The fourth-order valence-electron chi connectivity index (χ4n) is 4.65. The van der Waals surface area contributed by atoms with E-state index in [0.29, 0.717) is 0 Å². The van der Waals surface area contributed by atoms with Crippen LogP contribution in [0.2, 0.25) is 0 Å². The van der Waals surface area contributed by atoms with E-state index in [0.717, 1.165) is 9.13 Å². The lowest BCUT2D eigenvalue weighted by Crippen LogP contribution is -2.33. The van der Waals surface area contributed by atoms with Crippen LogP contribution in [0.5, 0.6) is 0 Å². The van der Waals surface area contributed by atoms with Crippen molar-refractivity contribution in [2.24, 2.45) is 0 Å². The van der Waals surface area contributed by atoms with Crippen molar-refractivity contribution in [2.75, 3.05) is 25.9 Å². The maximum Gasteiger partial charge on any atom is 0.360 e. The Hall–Kier alpha value is -2.54. The molecule has 2 unspecified atom stereocenters. The zero-order chi connectivity index (χ0) is 31.7. The molecule has 8 atom stereocenters. The van der Waals surface area contributed by atoms with E-state index >= 15 is 0 Å². The minimum absolute atomic E-state index is 0.0835. The Morgan fingerprint density at radius 1 is 0.791 bits per heavy atom. The van der Waals surface area contributed by atoms with Crippen molar-refractivity contribution in [2.45, 2.75) is 63.6 Å². The van der Waals surface area contributed by atoms with E-state index in [4.69, 9.17) is 18.9 Å². The summed E-state index contributed by atoms with van der Waals surface area (Å²) >= 11 is 0. The number of nitrogens with one attached hydrogen (secondary N) is 2. The van der Waals surface area contributed by atoms with Crippen molar-refractivity contribution >= 4 is 15.2 Å². The van der Waals surface area contributed by atoms with E-state index in [1.807, 2.05) is 0 Å². The average molecular weight is 654 g/mol. The van der Waals surface area contributed by atoms with Gasteiger partial charge in [-0.05, 0) is 13.8 Å². The van der Waals surface area contributed by atoms with Crippen molar-refractivity contribution in [3.05, 3.63) is 65.2 Å². The Balaban J connectivity index is 1.34. The average Bonchev–Trinajstić information content (AvgIpc) is 3.53. The molecule has 6 N–H and O–H groups in total. The maximum absolute atomic E-state index is 12.6. The summed E-state index contributed by atoms with van der Waals surface area (Å²) in [5.74, 6) is 0. The Bertz CT molecular complexity index is 1530. The molecule has 19 nitrogen and oxygen atoms in total. The number of ether oxygens (including phenoxy) is 4. The molecule has 2 aromatic heterocycles. The van der Waals surface area contributed by atoms with Gasteiger partial charge in [0.1, 0.15) is 37.4 Å². The summed E-state index contributed by atoms with van der Waals surface area (Å²) in [7, 11) is -9.82. The largest absolute Gasteiger partial charge is 0.394 e. The highest BCUT2D eigenvalue weighted by Crippen LogP contribution is 2.59. The van der Waals surface area contributed by atoms with Gasteiger partial charge in [0.05, 0.1) is 25.4 Å². The zero-order valence-corrected chi connectivity index (χ0v) is 24.7. The third-order valence-corrected chi connectivity index (χ3v) is 9.78. The minimum atomic E-state index is -4.91. The summed E-state index contributed by atoms with van der Waals surface area (Å²) < 4.78 is 53.9. The van der Waals surface area contributed by atoms with Crippen LogP contribution >= 0.6 is 15.2 Å². The summed E-state index contributed by atoms with van der Waals surface area (Å²) in [6.45, 7) is 1.74. The van der Waals surface area contributed by atoms with Crippen molar-refractivity contribution < 1.29 is 52.4 Å². The number of hydrogen-bond acceptors (Lipinski definition) is 13. The van der Waals surface area contributed by atoms with Gasteiger partial charge in [0.25, 0.3) is 11.1 Å². The second-order valence-corrected chi connectivity index (χ2v) is 13.8. The lowest BCUT2D eigenvalue weighted by molar-refractivity contribution is -0.0582. The lowest BCUT2D eigenvalue weighted by Gasteiger charge is -2.22. The summed E-state index contributed by atoms with van der Waals surface area (Å²) in [5, 5.41) is 19.3. The topological polar surface area (TPSA) is 271 Å². The number of aromatic nitrogens is 4.